The lowest BCUT2D eigenvalue weighted by molar-refractivity contribution is -0.137. The van der Waals surface area contributed by atoms with Crippen LogP contribution in [0.4, 0.5) is 17.6 Å². The Labute approximate surface area is 209 Å². The van der Waals surface area contributed by atoms with Gasteiger partial charge in [0.15, 0.2) is 0 Å². The first-order chi connectivity index (χ1) is 17.4. The number of alkyl halides is 3. The quantitative estimate of drug-likeness (QED) is 0.229. The SMILES string of the molecule is Fc1ccc2c(c1)Sc1ccc(C(F)(F)F)cc1C2=C1CCN(C(c2ccco2)c2ccco2)CC1. The molecular weight excluding hydrogens is 490 g/mol. The van der Waals surface area contributed by atoms with Gasteiger partial charge in [0, 0.05) is 22.9 Å². The van der Waals surface area contributed by atoms with Crippen LogP contribution in [-0.2, 0) is 6.18 Å². The predicted molar refractivity (Wildman–Crippen MR) is 128 cm³/mol. The number of piperidine rings is 1. The third-order valence-corrected chi connectivity index (χ3v) is 7.89. The molecule has 8 heteroatoms. The van der Waals surface area contributed by atoms with Gasteiger partial charge in [0.05, 0.1) is 18.1 Å². The standard InChI is InChI=1S/C28H21F4NO2S/c29-19-6-7-20-25(16-19)36-24-8-5-18(28(30,31)32)15-21(24)26(20)17-9-11-33(12-10-17)27(22-3-1-13-34-22)23-4-2-14-35-23/h1-8,13-16,27H,9-12H2. The van der Waals surface area contributed by atoms with E-state index in [0.29, 0.717) is 36.4 Å². The Hall–Kier alpha value is -3.23. The van der Waals surface area contributed by atoms with Crippen LogP contribution in [0.25, 0.3) is 5.57 Å². The van der Waals surface area contributed by atoms with Gasteiger partial charge in [-0.25, -0.2) is 4.39 Å². The molecule has 1 fully saturated rings. The molecule has 0 N–H and O–H groups in total. The van der Waals surface area contributed by atoms with Crippen molar-refractivity contribution in [2.24, 2.45) is 0 Å². The van der Waals surface area contributed by atoms with E-state index in [9.17, 15) is 17.6 Å². The van der Waals surface area contributed by atoms with E-state index in [1.165, 1.54) is 36.0 Å². The van der Waals surface area contributed by atoms with Gasteiger partial charge in [0.1, 0.15) is 23.4 Å². The van der Waals surface area contributed by atoms with Gasteiger partial charge in [0.25, 0.3) is 0 Å². The van der Waals surface area contributed by atoms with Crippen LogP contribution in [-0.4, -0.2) is 18.0 Å². The zero-order valence-corrected chi connectivity index (χ0v) is 19.8. The maximum absolute atomic E-state index is 14.1. The van der Waals surface area contributed by atoms with Crippen molar-refractivity contribution in [3.05, 3.63) is 113 Å². The van der Waals surface area contributed by atoms with Crippen molar-refractivity contribution in [1.29, 1.82) is 0 Å². The van der Waals surface area contributed by atoms with E-state index in [-0.39, 0.29) is 11.9 Å². The number of nitrogens with zero attached hydrogens (tertiary/aromatic N) is 1. The summed E-state index contributed by atoms with van der Waals surface area (Å²) in [6, 6.07) is 15.7. The molecule has 36 heavy (non-hydrogen) atoms. The normalized spacial score (nSPS) is 16.4. The van der Waals surface area contributed by atoms with Gasteiger partial charge in [-0.3, -0.25) is 4.90 Å². The summed E-state index contributed by atoms with van der Waals surface area (Å²) in [4.78, 5) is 3.68. The molecule has 0 aliphatic carbocycles. The third kappa shape index (κ3) is 4.18. The summed E-state index contributed by atoms with van der Waals surface area (Å²) < 4.78 is 66.2. The zero-order chi connectivity index (χ0) is 24.9. The van der Waals surface area contributed by atoms with Gasteiger partial charge >= 0.3 is 6.18 Å². The molecule has 0 spiro atoms. The van der Waals surface area contributed by atoms with Crippen molar-refractivity contribution in [1.82, 2.24) is 4.90 Å². The summed E-state index contributed by atoms with van der Waals surface area (Å²) in [6.07, 6.45) is 0.136. The van der Waals surface area contributed by atoms with Gasteiger partial charge < -0.3 is 8.83 Å². The molecule has 3 nitrogen and oxygen atoms in total. The first kappa shape index (κ1) is 23.2. The molecule has 2 aliphatic heterocycles. The molecule has 0 amide bonds. The summed E-state index contributed by atoms with van der Waals surface area (Å²) in [6.45, 7) is 1.34. The number of hydrogen-bond acceptors (Lipinski definition) is 4. The van der Waals surface area contributed by atoms with Crippen molar-refractivity contribution in [3.8, 4) is 0 Å². The Balaban J connectivity index is 1.40. The number of likely N-dealkylation sites (tertiary alicyclic amines) is 1. The zero-order valence-electron chi connectivity index (χ0n) is 19.0. The van der Waals surface area contributed by atoms with E-state index in [0.717, 1.165) is 39.2 Å². The Morgan fingerprint density at radius 3 is 2.11 bits per heavy atom. The highest BCUT2D eigenvalue weighted by atomic mass is 32.2. The van der Waals surface area contributed by atoms with Crippen molar-refractivity contribution >= 4 is 17.3 Å². The van der Waals surface area contributed by atoms with E-state index in [4.69, 9.17) is 8.83 Å². The number of fused-ring (bicyclic) bond motifs is 2. The molecule has 4 aromatic rings. The highest BCUT2D eigenvalue weighted by Gasteiger charge is 2.35. The number of furan rings is 2. The topological polar surface area (TPSA) is 29.5 Å². The Bertz CT molecular complexity index is 1380. The van der Waals surface area contributed by atoms with Crippen LogP contribution in [0.15, 0.2) is 97.4 Å². The number of hydrogen-bond donors (Lipinski definition) is 0. The smallest absolute Gasteiger partial charge is 0.416 e. The fourth-order valence-corrected chi connectivity index (χ4v) is 6.21. The number of benzene rings is 2. The Morgan fingerprint density at radius 1 is 0.806 bits per heavy atom. The lowest BCUT2D eigenvalue weighted by Gasteiger charge is -2.35. The predicted octanol–water partition coefficient (Wildman–Crippen LogP) is 8.18. The molecule has 6 rings (SSSR count). The van der Waals surface area contributed by atoms with Crippen LogP contribution in [0, 0.1) is 5.82 Å². The van der Waals surface area contributed by atoms with Gasteiger partial charge in [-0.1, -0.05) is 23.4 Å². The third-order valence-electron chi connectivity index (χ3n) is 6.75. The molecule has 2 aromatic heterocycles. The summed E-state index contributed by atoms with van der Waals surface area (Å²) in [7, 11) is 0. The van der Waals surface area contributed by atoms with Crippen LogP contribution in [0.1, 0.15) is 47.1 Å². The molecular formula is C28H21F4NO2S. The Morgan fingerprint density at radius 2 is 1.50 bits per heavy atom. The second-order valence-electron chi connectivity index (χ2n) is 8.90. The Kier molecular flexibility index (Phi) is 5.80. The van der Waals surface area contributed by atoms with Gasteiger partial charge in [-0.15, -0.1) is 0 Å². The number of rotatable bonds is 3. The average Bonchev–Trinajstić information content (AvgIpc) is 3.58. The van der Waals surface area contributed by atoms with Crippen molar-refractivity contribution in [2.75, 3.05) is 13.1 Å². The highest BCUT2D eigenvalue weighted by molar-refractivity contribution is 7.99. The second-order valence-corrected chi connectivity index (χ2v) is 9.98. The van der Waals surface area contributed by atoms with Crippen molar-refractivity contribution in [2.45, 2.75) is 34.9 Å². The monoisotopic (exact) mass is 511 g/mol. The molecule has 0 atom stereocenters. The fourth-order valence-electron chi connectivity index (χ4n) is 5.12. The van der Waals surface area contributed by atoms with Gasteiger partial charge in [-0.05, 0) is 84.1 Å². The summed E-state index contributed by atoms with van der Waals surface area (Å²) >= 11 is 1.31. The molecule has 2 aliphatic rings. The average molecular weight is 512 g/mol. The van der Waals surface area contributed by atoms with Crippen LogP contribution < -0.4 is 0 Å². The van der Waals surface area contributed by atoms with E-state index < -0.39 is 11.7 Å². The largest absolute Gasteiger partial charge is 0.467 e. The molecule has 0 unspecified atom stereocenters. The maximum Gasteiger partial charge on any atom is 0.416 e. The van der Waals surface area contributed by atoms with E-state index in [1.54, 1.807) is 18.6 Å². The highest BCUT2D eigenvalue weighted by Crippen LogP contribution is 2.49. The molecule has 4 heterocycles. The summed E-state index contributed by atoms with van der Waals surface area (Å²) in [5, 5.41) is 0. The minimum Gasteiger partial charge on any atom is -0.467 e. The minimum atomic E-state index is -4.44. The van der Waals surface area contributed by atoms with Crippen LogP contribution in [0.5, 0.6) is 0 Å². The van der Waals surface area contributed by atoms with Gasteiger partial charge in [-0.2, -0.15) is 13.2 Å². The second kappa shape index (κ2) is 9.01. The van der Waals surface area contributed by atoms with Crippen molar-refractivity contribution < 1.29 is 26.4 Å². The lowest BCUT2D eigenvalue weighted by atomic mass is 9.86. The molecule has 0 radical (unpaired) electrons. The van der Waals surface area contributed by atoms with Crippen LogP contribution in [0.3, 0.4) is 0 Å². The summed E-state index contributed by atoms with van der Waals surface area (Å²) in [5.74, 6) is 1.18. The first-order valence-corrected chi connectivity index (χ1v) is 12.4. The lowest BCUT2D eigenvalue weighted by Crippen LogP contribution is -2.35. The number of halogens is 4. The molecule has 1 saturated heterocycles. The van der Waals surface area contributed by atoms with E-state index in [2.05, 4.69) is 4.90 Å². The van der Waals surface area contributed by atoms with Gasteiger partial charge in [0.2, 0.25) is 0 Å². The molecule has 2 aromatic carbocycles. The van der Waals surface area contributed by atoms with Crippen molar-refractivity contribution in [3.63, 3.8) is 0 Å². The summed E-state index contributed by atoms with van der Waals surface area (Å²) in [5.41, 5.74) is 2.52. The maximum atomic E-state index is 14.1. The van der Waals surface area contributed by atoms with E-state index in [1.807, 2.05) is 24.3 Å². The molecule has 184 valence electrons. The molecule has 0 bridgehead atoms. The van der Waals surface area contributed by atoms with Crippen LogP contribution >= 0.6 is 11.8 Å². The van der Waals surface area contributed by atoms with E-state index >= 15 is 0 Å². The minimum absolute atomic E-state index is 0.186. The first-order valence-electron chi connectivity index (χ1n) is 11.6. The van der Waals surface area contributed by atoms with Crippen LogP contribution in [0.2, 0.25) is 0 Å². The molecule has 0 saturated carbocycles. The fraction of sp³-hybridized carbons (Fsp3) is 0.214.